The predicted molar refractivity (Wildman–Crippen MR) is 84.1 cm³/mol. The SMILES string of the molecule is CCNC(=NCC1CC1)NC1CCCCC1.I. The molecule has 0 amide bonds. The minimum atomic E-state index is 0. The number of rotatable bonds is 4. The number of nitrogens with zero attached hydrogens (tertiary/aromatic N) is 1. The summed E-state index contributed by atoms with van der Waals surface area (Å²) in [5.41, 5.74) is 0. The Kier molecular flexibility index (Phi) is 7.23. The van der Waals surface area contributed by atoms with Crippen LogP contribution in [-0.4, -0.2) is 25.1 Å². The average molecular weight is 351 g/mol. The van der Waals surface area contributed by atoms with Crippen LogP contribution in [0.3, 0.4) is 0 Å². The summed E-state index contributed by atoms with van der Waals surface area (Å²) < 4.78 is 0. The summed E-state index contributed by atoms with van der Waals surface area (Å²) in [5.74, 6) is 1.92. The van der Waals surface area contributed by atoms with Crippen molar-refractivity contribution in [1.82, 2.24) is 10.6 Å². The highest BCUT2D eigenvalue weighted by Crippen LogP contribution is 2.28. The van der Waals surface area contributed by atoms with Crippen LogP contribution < -0.4 is 10.6 Å². The van der Waals surface area contributed by atoms with E-state index in [0.717, 1.165) is 25.0 Å². The lowest BCUT2D eigenvalue weighted by Gasteiger charge is -2.24. The topological polar surface area (TPSA) is 36.4 Å². The molecular weight excluding hydrogens is 325 g/mol. The van der Waals surface area contributed by atoms with E-state index in [-0.39, 0.29) is 24.0 Å². The van der Waals surface area contributed by atoms with E-state index in [9.17, 15) is 0 Å². The normalized spacial score (nSPS) is 21.8. The monoisotopic (exact) mass is 351 g/mol. The molecule has 17 heavy (non-hydrogen) atoms. The van der Waals surface area contributed by atoms with Crippen LogP contribution in [0.2, 0.25) is 0 Å². The average Bonchev–Trinajstić information content (AvgIpc) is 3.11. The van der Waals surface area contributed by atoms with Gasteiger partial charge in [-0.05, 0) is 38.5 Å². The standard InChI is InChI=1S/C13H25N3.HI/c1-2-14-13(15-10-11-8-9-11)16-12-6-4-3-5-7-12;/h11-12H,2-10H2,1H3,(H2,14,15,16);1H. The van der Waals surface area contributed by atoms with E-state index in [1.54, 1.807) is 0 Å². The smallest absolute Gasteiger partial charge is 0.191 e. The molecule has 0 bridgehead atoms. The number of hydrogen-bond acceptors (Lipinski definition) is 1. The fourth-order valence-corrected chi connectivity index (χ4v) is 2.28. The fraction of sp³-hybridized carbons (Fsp3) is 0.923. The molecular formula is C13H26IN3. The first kappa shape index (κ1) is 15.1. The minimum absolute atomic E-state index is 0. The van der Waals surface area contributed by atoms with Gasteiger partial charge in [0.25, 0.3) is 0 Å². The highest BCUT2D eigenvalue weighted by atomic mass is 127. The molecule has 2 fully saturated rings. The van der Waals surface area contributed by atoms with Gasteiger partial charge < -0.3 is 10.6 Å². The summed E-state index contributed by atoms with van der Waals surface area (Å²) in [5, 5.41) is 6.93. The van der Waals surface area contributed by atoms with Gasteiger partial charge in [0.2, 0.25) is 0 Å². The van der Waals surface area contributed by atoms with E-state index in [1.165, 1.54) is 44.9 Å². The lowest BCUT2D eigenvalue weighted by Crippen LogP contribution is -2.44. The summed E-state index contributed by atoms with van der Waals surface area (Å²) in [6.07, 6.45) is 9.55. The third kappa shape index (κ3) is 5.93. The van der Waals surface area contributed by atoms with Crippen LogP contribution >= 0.6 is 24.0 Å². The summed E-state index contributed by atoms with van der Waals surface area (Å²) in [6, 6.07) is 0.658. The Labute approximate surface area is 122 Å². The quantitative estimate of drug-likeness (QED) is 0.464. The molecule has 0 aromatic carbocycles. The van der Waals surface area contributed by atoms with Crippen molar-refractivity contribution in [3.63, 3.8) is 0 Å². The van der Waals surface area contributed by atoms with Crippen molar-refractivity contribution in [3.05, 3.63) is 0 Å². The van der Waals surface area contributed by atoms with Gasteiger partial charge >= 0.3 is 0 Å². The van der Waals surface area contributed by atoms with Gasteiger partial charge in [-0.25, -0.2) is 0 Å². The Morgan fingerprint density at radius 3 is 2.41 bits per heavy atom. The molecule has 2 aliphatic rings. The summed E-state index contributed by atoms with van der Waals surface area (Å²) in [4.78, 5) is 4.66. The van der Waals surface area contributed by atoms with Gasteiger partial charge in [-0.2, -0.15) is 0 Å². The fourth-order valence-electron chi connectivity index (χ4n) is 2.28. The van der Waals surface area contributed by atoms with Crippen LogP contribution in [-0.2, 0) is 0 Å². The second kappa shape index (κ2) is 8.16. The molecule has 0 saturated heterocycles. The molecule has 0 aromatic rings. The number of nitrogens with one attached hydrogen (secondary N) is 2. The zero-order valence-corrected chi connectivity index (χ0v) is 13.2. The van der Waals surface area contributed by atoms with Crippen molar-refractivity contribution < 1.29 is 0 Å². The zero-order chi connectivity index (χ0) is 11.2. The van der Waals surface area contributed by atoms with E-state index < -0.39 is 0 Å². The van der Waals surface area contributed by atoms with Crippen LogP contribution in [0.15, 0.2) is 4.99 Å². The molecule has 100 valence electrons. The van der Waals surface area contributed by atoms with Crippen molar-refractivity contribution in [2.24, 2.45) is 10.9 Å². The van der Waals surface area contributed by atoms with Gasteiger partial charge in [0.15, 0.2) is 5.96 Å². The lowest BCUT2D eigenvalue weighted by atomic mass is 9.96. The Balaban J connectivity index is 0.00000144. The Bertz CT molecular complexity index is 233. The number of halogens is 1. The first-order chi connectivity index (χ1) is 7.88. The Morgan fingerprint density at radius 2 is 1.82 bits per heavy atom. The van der Waals surface area contributed by atoms with Crippen molar-refractivity contribution in [1.29, 1.82) is 0 Å². The van der Waals surface area contributed by atoms with E-state index >= 15 is 0 Å². The van der Waals surface area contributed by atoms with Gasteiger partial charge in [0.1, 0.15) is 0 Å². The van der Waals surface area contributed by atoms with Crippen molar-refractivity contribution in [2.75, 3.05) is 13.1 Å². The number of guanidine groups is 1. The molecule has 2 N–H and O–H groups in total. The molecule has 2 rings (SSSR count). The minimum Gasteiger partial charge on any atom is -0.357 e. The molecule has 0 aromatic heterocycles. The summed E-state index contributed by atoms with van der Waals surface area (Å²) >= 11 is 0. The molecule has 0 aliphatic heterocycles. The van der Waals surface area contributed by atoms with E-state index in [0.29, 0.717) is 6.04 Å². The maximum atomic E-state index is 4.66. The first-order valence-corrected chi connectivity index (χ1v) is 6.93. The second-order valence-electron chi connectivity index (χ2n) is 5.14. The van der Waals surface area contributed by atoms with Gasteiger partial charge in [-0.3, -0.25) is 4.99 Å². The maximum absolute atomic E-state index is 4.66. The van der Waals surface area contributed by atoms with Crippen LogP contribution in [0.4, 0.5) is 0 Å². The van der Waals surface area contributed by atoms with Gasteiger partial charge in [-0.15, -0.1) is 24.0 Å². The third-order valence-electron chi connectivity index (χ3n) is 3.49. The van der Waals surface area contributed by atoms with E-state index in [4.69, 9.17) is 0 Å². The number of aliphatic imine (C=N–C) groups is 1. The van der Waals surface area contributed by atoms with Crippen LogP contribution in [0.1, 0.15) is 51.9 Å². The third-order valence-corrected chi connectivity index (χ3v) is 3.49. The van der Waals surface area contributed by atoms with Crippen LogP contribution in [0.5, 0.6) is 0 Å². The van der Waals surface area contributed by atoms with Gasteiger partial charge in [0.05, 0.1) is 0 Å². The molecule has 4 heteroatoms. The van der Waals surface area contributed by atoms with Gasteiger partial charge in [0, 0.05) is 19.1 Å². The first-order valence-electron chi connectivity index (χ1n) is 6.93. The Hall–Kier alpha value is 0. The largest absolute Gasteiger partial charge is 0.357 e. The molecule has 0 unspecified atom stereocenters. The van der Waals surface area contributed by atoms with Crippen molar-refractivity contribution >= 4 is 29.9 Å². The van der Waals surface area contributed by atoms with Crippen molar-refractivity contribution in [3.8, 4) is 0 Å². The number of hydrogen-bond donors (Lipinski definition) is 2. The summed E-state index contributed by atoms with van der Waals surface area (Å²) in [6.45, 7) is 4.11. The highest BCUT2D eigenvalue weighted by Gasteiger charge is 2.21. The highest BCUT2D eigenvalue weighted by molar-refractivity contribution is 14.0. The molecule has 2 saturated carbocycles. The summed E-state index contributed by atoms with van der Waals surface area (Å²) in [7, 11) is 0. The molecule has 0 atom stereocenters. The molecule has 0 spiro atoms. The van der Waals surface area contributed by atoms with Crippen LogP contribution in [0.25, 0.3) is 0 Å². The van der Waals surface area contributed by atoms with E-state index in [1.807, 2.05) is 0 Å². The van der Waals surface area contributed by atoms with Crippen molar-refractivity contribution in [2.45, 2.75) is 57.9 Å². The van der Waals surface area contributed by atoms with E-state index in [2.05, 4.69) is 22.5 Å². The molecule has 0 heterocycles. The maximum Gasteiger partial charge on any atom is 0.191 e. The van der Waals surface area contributed by atoms with Gasteiger partial charge in [-0.1, -0.05) is 19.3 Å². The second-order valence-corrected chi connectivity index (χ2v) is 5.14. The predicted octanol–water partition coefficient (Wildman–Crippen LogP) is 2.90. The molecule has 2 aliphatic carbocycles. The van der Waals surface area contributed by atoms with Crippen LogP contribution in [0, 0.1) is 5.92 Å². The molecule has 3 nitrogen and oxygen atoms in total. The lowest BCUT2D eigenvalue weighted by molar-refractivity contribution is 0.410. The Morgan fingerprint density at radius 1 is 1.12 bits per heavy atom. The molecule has 0 radical (unpaired) electrons. The zero-order valence-electron chi connectivity index (χ0n) is 10.9.